The smallest absolute Gasteiger partial charge is 0.237 e. The van der Waals surface area contributed by atoms with E-state index in [1.807, 2.05) is 0 Å². The van der Waals surface area contributed by atoms with Crippen molar-refractivity contribution < 1.29 is 9.18 Å². The molecule has 1 unspecified atom stereocenters. The van der Waals surface area contributed by atoms with Gasteiger partial charge in [-0.05, 0) is 31.2 Å². The topological polar surface area (TPSA) is 59.8 Å². The van der Waals surface area contributed by atoms with E-state index < -0.39 is 5.25 Å². The SMILES string of the molecule is CC(Sc1nnc(-c2ccccc2F)n1C)C(=O)Nc1cccc(Cl)c1Cl. The highest BCUT2D eigenvalue weighted by Crippen LogP contribution is 2.31. The van der Waals surface area contributed by atoms with E-state index >= 15 is 0 Å². The van der Waals surface area contributed by atoms with Gasteiger partial charge in [0.25, 0.3) is 0 Å². The number of benzene rings is 2. The van der Waals surface area contributed by atoms with Gasteiger partial charge in [0.05, 0.1) is 26.5 Å². The number of anilines is 1. The van der Waals surface area contributed by atoms with Crippen LogP contribution in [0.15, 0.2) is 47.6 Å². The third kappa shape index (κ3) is 4.26. The number of nitrogens with zero attached hydrogens (tertiary/aromatic N) is 3. The van der Waals surface area contributed by atoms with Crippen LogP contribution in [0.3, 0.4) is 0 Å². The third-order valence-corrected chi connectivity index (χ3v) is 5.76. The number of rotatable bonds is 5. The molecule has 27 heavy (non-hydrogen) atoms. The largest absolute Gasteiger partial charge is 0.324 e. The number of amides is 1. The molecule has 0 fully saturated rings. The summed E-state index contributed by atoms with van der Waals surface area (Å²) in [4.78, 5) is 12.5. The lowest BCUT2D eigenvalue weighted by Crippen LogP contribution is -2.23. The van der Waals surface area contributed by atoms with Crippen molar-refractivity contribution in [3.8, 4) is 11.4 Å². The minimum atomic E-state index is -0.489. The zero-order chi connectivity index (χ0) is 19.6. The summed E-state index contributed by atoms with van der Waals surface area (Å²) in [6.07, 6.45) is 0. The van der Waals surface area contributed by atoms with E-state index in [1.54, 1.807) is 54.9 Å². The Hall–Kier alpha value is -2.09. The summed E-state index contributed by atoms with van der Waals surface area (Å²) >= 11 is 13.3. The normalized spacial score (nSPS) is 12.0. The summed E-state index contributed by atoms with van der Waals surface area (Å²) < 4.78 is 15.6. The molecular weight excluding hydrogens is 410 g/mol. The fourth-order valence-corrected chi connectivity index (χ4v) is 3.50. The molecule has 0 aliphatic heterocycles. The van der Waals surface area contributed by atoms with Gasteiger partial charge in [-0.25, -0.2) is 4.39 Å². The highest BCUT2D eigenvalue weighted by molar-refractivity contribution is 8.00. The van der Waals surface area contributed by atoms with Gasteiger partial charge in [-0.2, -0.15) is 0 Å². The maximum Gasteiger partial charge on any atom is 0.237 e. The summed E-state index contributed by atoms with van der Waals surface area (Å²) in [5, 5.41) is 11.5. The lowest BCUT2D eigenvalue weighted by atomic mass is 10.2. The molecule has 5 nitrogen and oxygen atoms in total. The molecule has 0 saturated carbocycles. The number of nitrogens with one attached hydrogen (secondary N) is 1. The van der Waals surface area contributed by atoms with E-state index in [4.69, 9.17) is 23.2 Å². The maximum absolute atomic E-state index is 14.0. The molecule has 0 aliphatic carbocycles. The Morgan fingerprint density at radius 3 is 2.67 bits per heavy atom. The molecule has 9 heteroatoms. The quantitative estimate of drug-likeness (QED) is 0.582. The van der Waals surface area contributed by atoms with Gasteiger partial charge in [-0.15, -0.1) is 10.2 Å². The van der Waals surface area contributed by atoms with Crippen LogP contribution in [0.25, 0.3) is 11.4 Å². The number of hydrogen-bond acceptors (Lipinski definition) is 4. The van der Waals surface area contributed by atoms with Crippen molar-refractivity contribution in [1.82, 2.24) is 14.8 Å². The number of halogens is 3. The molecule has 1 aromatic heterocycles. The van der Waals surface area contributed by atoms with Crippen LogP contribution < -0.4 is 5.32 Å². The maximum atomic E-state index is 14.0. The number of hydrogen-bond donors (Lipinski definition) is 1. The van der Waals surface area contributed by atoms with E-state index in [-0.39, 0.29) is 16.7 Å². The molecule has 1 atom stereocenters. The Kier molecular flexibility index (Phi) is 6.04. The average molecular weight is 425 g/mol. The van der Waals surface area contributed by atoms with Crippen LogP contribution in [0.4, 0.5) is 10.1 Å². The molecule has 0 spiro atoms. The van der Waals surface area contributed by atoms with Crippen LogP contribution in [0.2, 0.25) is 10.0 Å². The standard InChI is InChI=1S/C18H15Cl2FN4OS/c1-10(17(26)22-14-9-5-7-12(19)15(14)20)27-18-24-23-16(25(18)2)11-6-3-4-8-13(11)21/h3-10H,1-2H3,(H,22,26). The van der Waals surface area contributed by atoms with Crippen molar-refractivity contribution in [2.75, 3.05) is 5.32 Å². The van der Waals surface area contributed by atoms with E-state index in [0.29, 0.717) is 27.3 Å². The minimum Gasteiger partial charge on any atom is -0.324 e. The average Bonchev–Trinajstić information content (AvgIpc) is 3.00. The first-order valence-electron chi connectivity index (χ1n) is 7.94. The molecule has 2 aromatic carbocycles. The Balaban J connectivity index is 1.75. The van der Waals surface area contributed by atoms with Crippen LogP contribution in [0.5, 0.6) is 0 Å². The van der Waals surface area contributed by atoms with Gasteiger partial charge in [-0.3, -0.25) is 4.79 Å². The number of carbonyl (C=O) groups is 1. The molecule has 0 radical (unpaired) electrons. The van der Waals surface area contributed by atoms with E-state index in [1.165, 1.54) is 17.8 Å². The van der Waals surface area contributed by atoms with Crippen molar-refractivity contribution in [2.45, 2.75) is 17.3 Å². The van der Waals surface area contributed by atoms with Gasteiger partial charge in [0.1, 0.15) is 5.82 Å². The Morgan fingerprint density at radius 1 is 1.19 bits per heavy atom. The second-order valence-electron chi connectivity index (χ2n) is 5.70. The van der Waals surface area contributed by atoms with Crippen molar-refractivity contribution in [3.63, 3.8) is 0 Å². The predicted octanol–water partition coefficient (Wildman–Crippen LogP) is 5.05. The van der Waals surface area contributed by atoms with Crippen LogP contribution in [0, 0.1) is 5.82 Å². The molecule has 1 amide bonds. The minimum absolute atomic E-state index is 0.264. The van der Waals surface area contributed by atoms with Gasteiger partial charge < -0.3 is 9.88 Å². The van der Waals surface area contributed by atoms with Crippen LogP contribution >= 0.6 is 35.0 Å². The lowest BCUT2D eigenvalue weighted by Gasteiger charge is -2.13. The van der Waals surface area contributed by atoms with E-state index in [2.05, 4.69) is 15.5 Å². The lowest BCUT2D eigenvalue weighted by molar-refractivity contribution is -0.115. The van der Waals surface area contributed by atoms with Crippen LogP contribution in [-0.4, -0.2) is 25.9 Å². The summed E-state index contributed by atoms with van der Waals surface area (Å²) in [5.41, 5.74) is 0.786. The number of carbonyl (C=O) groups excluding carboxylic acids is 1. The van der Waals surface area contributed by atoms with Gasteiger partial charge >= 0.3 is 0 Å². The summed E-state index contributed by atoms with van der Waals surface area (Å²) in [6.45, 7) is 1.73. The molecule has 140 valence electrons. The first-order chi connectivity index (χ1) is 12.9. The molecule has 3 aromatic rings. The molecular formula is C18H15Cl2FN4OS. The van der Waals surface area contributed by atoms with Crippen molar-refractivity contribution in [2.24, 2.45) is 7.05 Å². The molecule has 1 heterocycles. The molecule has 0 saturated heterocycles. The summed E-state index contributed by atoms with van der Waals surface area (Å²) in [7, 11) is 1.72. The van der Waals surface area contributed by atoms with Gasteiger partial charge in [0, 0.05) is 7.05 Å². The molecule has 0 bridgehead atoms. The summed E-state index contributed by atoms with van der Waals surface area (Å²) in [5.74, 6) is -0.258. The monoisotopic (exact) mass is 424 g/mol. The zero-order valence-corrected chi connectivity index (χ0v) is 16.7. The first-order valence-corrected chi connectivity index (χ1v) is 9.58. The van der Waals surface area contributed by atoms with Crippen LogP contribution in [0.1, 0.15) is 6.92 Å². The number of aromatic nitrogens is 3. The van der Waals surface area contributed by atoms with Gasteiger partial charge in [0.15, 0.2) is 11.0 Å². The fraction of sp³-hybridized carbons (Fsp3) is 0.167. The fourth-order valence-electron chi connectivity index (χ4n) is 2.34. The molecule has 3 rings (SSSR count). The van der Waals surface area contributed by atoms with Crippen LogP contribution in [-0.2, 0) is 11.8 Å². The third-order valence-electron chi connectivity index (χ3n) is 3.81. The Labute approximate surface area is 169 Å². The van der Waals surface area contributed by atoms with Crippen molar-refractivity contribution in [1.29, 1.82) is 0 Å². The van der Waals surface area contributed by atoms with Gasteiger partial charge in [0.2, 0.25) is 5.91 Å². The number of thioether (sulfide) groups is 1. The molecule has 1 N–H and O–H groups in total. The van der Waals surface area contributed by atoms with Crippen molar-refractivity contribution in [3.05, 3.63) is 58.3 Å². The highest BCUT2D eigenvalue weighted by atomic mass is 35.5. The molecule has 0 aliphatic rings. The highest BCUT2D eigenvalue weighted by Gasteiger charge is 2.21. The second kappa shape index (κ2) is 8.29. The van der Waals surface area contributed by atoms with Crippen molar-refractivity contribution >= 4 is 46.6 Å². The van der Waals surface area contributed by atoms with Gasteiger partial charge in [-0.1, -0.05) is 53.2 Å². The van der Waals surface area contributed by atoms with E-state index in [9.17, 15) is 9.18 Å². The first kappa shape index (κ1) is 19.7. The summed E-state index contributed by atoms with van der Waals surface area (Å²) in [6, 6.07) is 11.3. The van der Waals surface area contributed by atoms with E-state index in [0.717, 1.165) is 0 Å². The second-order valence-corrected chi connectivity index (χ2v) is 7.79. The Bertz CT molecular complexity index is 995. The predicted molar refractivity (Wildman–Crippen MR) is 107 cm³/mol. The Morgan fingerprint density at radius 2 is 1.93 bits per heavy atom. The zero-order valence-electron chi connectivity index (χ0n) is 14.4.